The summed E-state index contributed by atoms with van der Waals surface area (Å²) in [6.07, 6.45) is 1.69. The minimum atomic E-state index is 0.534. The number of rotatable bonds is 7. The van der Waals surface area contributed by atoms with Crippen molar-refractivity contribution in [2.45, 2.75) is 0 Å². The van der Waals surface area contributed by atoms with E-state index in [9.17, 15) is 0 Å². The predicted octanol–water partition coefficient (Wildman–Crippen LogP) is 2.10. The third kappa shape index (κ3) is 4.40. The highest BCUT2D eigenvalue weighted by molar-refractivity contribution is 9.10. The molecule has 0 aliphatic carbocycles. The molecule has 0 fully saturated rings. The largest absolute Gasteiger partial charge is 0.480 e. The van der Waals surface area contributed by atoms with E-state index >= 15 is 0 Å². The van der Waals surface area contributed by atoms with Gasteiger partial charge in [-0.3, -0.25) is 0 Å². The zero-order chi connectivity index (χ0) is 12.7. The normalized spacial score (nSPS) is 10.4. The Kier molecular flexibility index (Phi) is 6.76. The summed E-state index contributed by atoms with van der Waals surface area (Å²) >= 11 is 6.74. The van der Waals surface area contributed by atoms with Crippen molar-refractivity contribution in [3.63, 3.8) is 0 Å². The molecule has 0 spiro atoms. The van der Waals surface area contributed by atoms with Crippen LogP contribution < -0.4 is 9.64 Å². The van der Waals surface area contributed by atoms with Gasteiger partial charge in [0.15, 0.2) is 0 Å². The average Bonchev–Trinajstić information content (AvgIpc) is 2.35. The zero-order valence-electron chi connectivity index (χ0n) is 9.82. The molecule has 0 amide bonds. The fourth-order valence-electron chi connectivity index (χ4n) is 1.25. The lowest BCUT2D eigenvalue weighted by molar-refractivity contribution is 0.205. The van der Waals surface area contributed by atoms with Crippen LogP contribution in [0, 0.1) is 0 Å². The van der Waals surface area contributed by atoms with E-state index in [0.29, 0.717) is 18.4 Å². The van der Waals surface area contributed by atoms with Gasteiger partial charge in [-0.2, -0.15) is 4.98 Å². The molecule has 0 aromatic carbocycles. The number of ether oxygens (including phenoxy) is 2. The molecule has 7 heteroatoms. The van der Waals surface area contributed by atoms with Crippen LogP contribution in [0.15, 0.2) is 10.7 Å². The van der Waals surface area contributed by atoms with Gasteiger partial charge in [-0.15, -0.1) is 0 Å². The molecule has 1 aromatic rings. The summed E-state index contributed by atoms with van der Waals surface area (Å²) in [5, 5.41) is 0.846. The first-order valence-electron chi connectivity index (χ1n) is 5.09. The van der Waals surface area contributed by atoms with E-state index in [1.807, 2.05) is 4.90 Å². The molecule has 1 rings (SSSR count). The van der Waals surface area contributed by atoms with E-state index in [2.05, 4.69) is 41.8 Å². The Hall–Kier alpha value is -0.400. The Balaban J connectivity index is 2.85. The van der Waals surface area contributed by atoms with E-state index < -0.39 is 0 Å². The Morgan fingerprint density at radius 3 is 2.71 bits per heavy atom. The molecule has 0 saturated heterocycles. The van der Waals surface area contributed by atoms with E-state index in [4.69, 9.17) is 9.47 Å². The fraction of sp³-hybridized carbons (Fsp3) is 0.600. The van der Waals surface area contributed by atoms with Crippen molar-refractivity contribution in [1.82, 2.24) is 9.97 Å². The van der Waals surface area contributed by atoms with Crippen LogP contribution in [0.2, 0.25) is 0 Å². The van der Waals surface area contributed by atoms with Crippen LogP contribution in [0.1, 0.15) is 0 Å². The number of halogens is 2. The Morgan fingerprint density at radius 1 is 1.35 bits per heavy atom. The van der Waals surface area contributed by atoms with Crippen LogP contribution in [0.5, 0.6) is 5.88 Å². The molecule has 0 unspecified atom stereocenters. The molecule has 96 valence electrons. The van der Waals surface area contributed by atoms with Gasteiger partial charge < -0.3 is 14.4 Å². The summed E-state index contributed by atoms with van der Waals surface area (Å²) in [5.41, 5.74) is 0. The van der Waals surface area contributed by atoms with Crippen LogP contribution in [-0.2, 0) is 4.74 Å². The van der Waals surface area contributed by atoms with Gasteiger partial charge in [0.25, 0.3) is 0 Å². The van der Waals surface area contributed by atoms with Crippen molar-refractivity contribution in [2.75, 3.05) is 44.1 Å². The van der Waals surface area contributed by atoms with Gasteiger partial charge in [-0.1, -0.05) is 15.9 Å². The molecule has 0 bridgehead atoms. The molecule has 0 atom stereocenters. The van der Waals surface area contributed by atoms with Gasteiger partial charge in [-0.05, 0) is 15.9 Å². The molecule has 0 radical (unpaired) electrons. The first-order valence-corrected chi connectivity index (χ1v) is 7.00. The lowest BCUT2D eigenvalue weighted by Crippen LogP contribution is -2.30. The van der Waals surface area contributed by atoms with Crippen LogP contribution in [0.25, 0.3) is 0 Å². The summed E-state index contributed by atoms with van der Waals surface area (Å²) in [4.78, 5) is 10.6. The molecule has 0 N–H and O–H groups in total. The van der Waals surface area contributed by atoms with Crippen molar-refractivity contribution < 1.29 is 9.47 Å². The minimum Gasteiger partial charge on any atom is -0.480 e. The highest BCUT2D eigenvalue weighted by atomic mass is 79.9. The van der Waals surface area contributed by atoms with Gasteiger partial charge >= 0.3 is 0 Å². The van der Waals surface area contributed by atoms with Crippen molar-refractivity contribution in [1.29, 1.82) is 0 Å². The molecule has 1 aromatic heterocycles. The topological polar surface area (TPSA) is 47.5 Å². The van der Waals surface area contributed by atoms with Gasteiger partial charge in [0, 0.05) is 25.5 Å². The number of hydrogen-bond acceptors (Lipinski definition) is 5. The van der Waals surface area contributed by atoms with Crippen LogP contribution in [0.4, 0.5) is 5.95 Å². The molecule has 0 saturated carbocycles. The van der Waals surface area contributed by atoms with Crippen LogP contribution in [0.3, 0.4) is 0 Å². The molecule has 1 heterocycles. The molecule has 17 heavy (non-hydrogen) atoms. The molecule has 5 nitrogen and oxygen atoms in total. The highest BCUT2D eigenvalue weighted by Crippen LogP contribution is 2.23. The predicted molar refractivity (Wildman–Crippen MR) is 74.2 cm³/mol. The molecular weight excluding hydrogens is 354 g/mol. The lowest BCUT2D eigenvalue weighted by atomic mass is 10.5. The van der Waals surface area contributed by atoms with Crippen molar-refractivity contribution >= 4 is 37.8 Å². The Morgan fingerprint density at radius 2 is 2.12 bits per heavy atom. The summed E-state index contributed by atoms with van der Waals surface area (Å²) in [6, 6.07) is 0. The standard InChI is InChI=1S/C10H15Br2N3O2/c1-16-6-5-15(4-3-11)10-13-7-8(12)9(14-10)17-2/h7H,3-6H2,1-2H3. The number of nitrogens with zero attached hydrogens (tertiary/aromatic N) is 3. The van der Waals surface area contributed by atoms with Crippen molar-refractivity contribution in [3.05, 3.63) is 10.7 Å². The van der Waals surface area contributed by atoms with E-state index in [0.717, 1.165) is 22.9 Å². The van der Waals surface area contributed by atoms with E-state index in [-0.39, 0.29) is 0 Å². The average molecular weight is 369 g/mol. The number of aromatic nitrogens is 2. The van der Waals surface area contributed by atoms with Gasteiger partial charge in [0.05, 0.1) is 24.4 Å². The first-order chi connectivity index (χ1) is 8.22. The number of methoxy groups -OCH3 is 2. The maximum absolute atomic E-state index is 5.15. The summed E-state index contributed by atoms with van der Waals surface area (Å²) < 4.78 is 11.0. The second kappa shape index (κ2) is 7.84. The number of anilines is 1. The van der Waals surface area contributed by atoms with Gasteiger partial charge in [-0.25, -0.2) is 4.98 Å². The second-order valence-electron chi connectivity index (χ2n) is 3.20. The Labute approximate surface area is 118 Å². The van der Waals surface area contributed by atoms with Crippen LogP contribution in [-0.4, -0.2) is 49.2 Å². The lowest BCUT2D eigenvalue weighted by Gasteiger charge is -2.21. The quantitative estimate of drug-likeness (QED) is 0.689. The second-order valence-corrected chi connectivity index (χ2v) is 4.84. The van der Waals surface area contributed by atoms with E-state index in [1.165, 1.54) is 0 Å². The third-order valence-corrected chi connectivity index (χ3v) is 2.99. The van der Waals surface area contributed by atoms with Crippen molar-refractivity contribution in [3.8, 4) is 5.88 Å². The maximum Gasteiger partial charge on any atom is 0.232 e. The number of alkyl halides is 1. The zero-order valence-corrected chi connectivity index (χ0v) is 13.0. The SMILES string of the molecule is COCCN(CCBr)c1ncc(Br)c(OC)n1. The molecular formula is C10H15Br2N3O2. The van der Waals surface area contributed by atoms with Crippen LogP contribution >= 0.6 is 31.9 Å². The minimum absolute atomic E-state index is 0.534. The van der Waals surface area contributed by atoms with Gasteiger partial charge in [0.2, 0.25) is 11.8 Å². The molecule has 0 aliphatic rings. The van der Waals surface area contributed by atoms with Gasteiger partial charge in [0.1, 0.15) is 0 Å². The van der Waals surface area contributed by atoms with Crippen molar-refractivity contribution in [2.24, 2.45) is 0 Å². The van der Waals surface area contributed by atoms with E-state index in [1.54, 1.807) is 20.4 Å². The summed E-state index contributed by atoms with van der Waals surface area (Å²) in [7, 11) is 3.26. The third-order valence-electron chi connectivity index (χ3n) is 2.10. The first kappa shape index (κ1) is 14.7. The monoisotopic (exact) mass is 367 g/mol. The Bertz CT molecular complexity index is 352. The summed E-state index contributed by atoms with van der Waals surface area (Å²) in [6.45, 7) is 2.19. The summed E-state index contributed by atoms with van der Waals surface area (Å²) in [5.74, 6) is 1.17. The highest BCUT2D eigenvalue weighted by Gasteiger charge is 2.11. The number of hydrogen-bond donors (Lipinski definition) is 0. The molecule has 0 aliphatic heterocycles. The maximum atomic E-state index is 5.15. The smallest absolute Gasteiger partial charge is 0.232 e. The fourth-order valence-corrected chi connectivity index (χ4v) is 2.03.